The van der Waals surface area contributed by atoms with Crippen LogP contribution in [0, 0.1) is 0 Å². The summed E-state index contributed by atoms with van der Waals surface area (Å²) in [4.78, 5) is 31.3. The number of nitrogens with zero attached hydrogens (tertiary/aromatic N) is 2. The first kappa shape index (κ1) is 23.3. The molecular formula is C25H22F3N3O3. The van der Waals surface area contributed by atoms with E-state index in [1.807, 2.05) is 6.07 Å². The molecule has 1 aliphatic rings. The van der Waals surface area contributed by atoms with Crippen LogP contribution in [0.1, 0.15) is 39.3 Å². The number of ether oxygens (including phenoxy) is 1. The third-order valence-electron chi connectivity index (χ3n) is 5.52. The van der Waals surface area contributed by atoms with Crippen LogP contribution in [0.2, 0.25) is 0 Å². The molecule has 2 amide bonds. The molecule has 0 saturated carbocycles. The van der Waals surface area contributed by atoms with Gasteiger partial charge in [0.2, 0.25) is 0 Å². The highest BCUT2D eigenvalue weighted by molar-refractivity contribution is 6.04. The maximum atomic E-state index is 13.1. The number of rotatable bonds is 6. The van der Waals surface area contributed by atoms with Crippen LogP contribution in [0.5, 0.6) is 5.75 Å². The van der Waals surface area contributed by atoms with Crippen molar-refractivity contribution >= 4 is 17.5 Å². The van der Waals surface area contributed by atoms with E-state index in [1.54, 1.807) is 36.4 Å². The van der Waals surface area contributed by atoms with Crippen molar-refractivity contribution in [3.63, 3.8) is 0 Å². The predicted molar refractivity (Wildman–Crippen MR) is 120 cm³/mol. The second kappa shape index (κ2) is 9.94. The van der Waals surface area contributed by atoms with Crippen LogP contribution in [0.15, 0.2) is 72.9 Å². The van der Waals surface area contributed by atoms with Crippen molar-refractivity contribution in [2.24, 2.45) is 0 Å². The molecule has 1 unspecified atom stereocenters. The van der Waals surface area contributed by atoms with E-state index in [0.717, 1.165) is 12.1 Å². The normalized spacial score (nSPS) is 15.7. The molecule has 176 valence electrons. The Kier molecular flexibility index (Phi) is 6.81. The Labute approximate surface area is 194 Å². The minimum Gasteiger partial charge on any atom is -0.489 e. The highest BCUT2D eigenvalue weighted by Gasteiger charge is 2.34. The second-order valence-electron chi connectivity index (χ2n) is 7.85. The highest BCUT2D eigenvalue weighted by Crippen LogP contribution is 2.30. The lowest BCUT2D eigenvalue weighted by molar-refractivity contribution is -0.137. The number of amides is 2. The molecule has 4 rings (SSSR count). The van der Waals surface area contributed by atoms with Crippen molar-refractivity contribution in [1.82, 2.24) is 9.88 Å². The third kappa shape index (κ3) is 5.36. The zero-order valence-electron chi connectivity index (χ0n) is 18.1. The van der Waals surface area contributed by atoms with Crippen LogP contribution in [0.25, 0.3) is 0 Å². The molecule has 2 aromatic carbocycles. The number of hydrogen-bond acceptors (Lipinski definition) is 4. The van der Waals surface area contributed by atoms with Crippen molar-refractivity contribution in [1.29, 1.82) is 0 Å². The van der Waals surface area contributed by atoms with E-state index < -0.39 is 23.6 Å². The number of benzene rings is 2. The van der Waals surface area contributed by atoms with Gasteiger partial charge in [-0.05, 0) is 55.3 Å². The standard InChI is InChI=1S/C25H22F3N3O3/c26-25(27,28)18-8-4-7-17(15-18)24(33)31-14-6-11-20(31)16-34-21-12-5-13-29-22(21)23(32)30-19-9-2-1-3-10-19/h1-5,7-10,12-13,15,20H,6,11,14,16H2,(H,30,32). The van der Waals surface area contributed by atoms with Crippen molar-refractivity contribution in [3.05, 3.63) is 89.7 Å². The summed E-state index contributed by atoms with van der Waals surface area (Å²) in [6, 6.07) is 16.2. The second-order valence-corrected chi connectivity index (χ2v) is 7.85. The quantitative estimate of drug-likeness (QED) is 0.549. The van der Waals surface area contributed by atoms with Crippen LogP contribution < -0.4 is 10.1 Å². The molecule has 1 fully saturated rings. The smallest absolute Gasteiger partial charge is 0.416 e. The van der Waals surface area contributed by atoms with Crippen molar-refractivity contribution < 1.29 is 27.5 Å². The first-order valence-corrected chi connectivity index (χ1v) is 10.8. The van der Waals surface area contributed by atoms with Crippen LogP contribution in [0.4, 0.5) is 18.9 Å². The predicted octanol–water partition coefficient (Wildman–Crippen LogP) is 5.04. The van der Waals surface area contributed by atoms with E-state index in [2.05, 4.69) is 10.3 Å². The number of halogens is 3. The zero-order chi connectivity index (χ0) is 24.1. The summed E-state index contributed by atoms with van der Waals surface area (Å²) in [5, 5.41) is 2.75. The Balaban J connectivity index is 1.45. The summed E-state index contributed by atoms with van der Waals surface area (Å²) in [6.45, 7) is 0.500. The molecule has 9 heteroatoms. The number of anilines is 1. The SMILES string of the molecule is O=C(Nc1ccccc1)c1ncccc1OCC1CCCN1C(=O)c1cccc(C(F)(F)F)c1. The summed E-state index contributed by atoms with van der Waals surface area (Å²) in [7, 11) is 0. The third-order valence-corrected chi connectivity index (χ3v) is 5.52. The summed E-state index contributed by atoms with van der Waals surface area (Å²) < 4.78 is 45.0. The molecular weight excluding hydrogens is 447 g/mol. The van der Waals surface area contributed by atoms with Crippen molar-refractivity contribution in [2.75, 3.05) is 18.5 Å². The van der Waals surface area contributed by atoms with Gasteiger partial charge in [-0.25, -0.2) is 4.98 Å². The number of carbonyl (C=O) groups excluding carboxylic acids is 2. The van der Waals surface area contributed by atoms with Gasteiger partial charge in [0, 0.05) is 24.0 Å². The van der Waals surface area contributed by atoms with Crippen LogP contribution >= 0.6 is 0 Å². The molecule has 1 saturated heterocycles. The number of carbonyl (C=O) groups is 2. The molecule has 1 atom stereocenters. The number of alkyl halides is 3. The van der Waals surface area contributed by atoms with Crippen LogP contribution in [0.3, 0.4) is 0 Å². The Morgan fingerprint density at radius 1 is 1.06 bits per heavy atom. The van der Waals surface area contributed by atoms with Gasteiger partial charge in [-0.2, -0.15) is 13.2 Å². The molecule has 34 heavy (non-hydrogen) atoms. The van der Waals surface area contributed by atoms with Gasteiger partial charge in [0.25, 0.3) is 11.8 Å². The Hall–Kier alpha value is -3.88. The Morgan fingerprint density at radius 2 is 1.85 bits per heavy atom. The average molecular weight is 469 g/mol. The lowest BCUT2D eigenvalue weighted by Gasteiger charge is -2.25. The van der Waals surface area contributed by atoms with E-state index in [0.29, 0.717) is 25.1 Å². The molecule has 1 aliphatic heterocycles. The van der Waals surface area contributed by atoms with Crippen LogP contribution in [-0.2, 0) is 6.18 Å². The number of para-hydroxylation sites is 1. The minimum absolute atomic E-state index is 0.0222. The molecule has 1 aromatic heterocycles. The zero-order valence-corrected chi connectivity index (χ0v) is 18.1. The molecule has 0 aliphatic carbocycles. The largest absolute Gasteiger partial charge is 0.489 e. The lowest BCUT2D eigenvalue weighted by atomic mass is 10.1. The topological polar surface area (TPSA) is 71.5 Å². The summed E-state index contributed by atoms with van der Waals surface area (Å²) in [6.07, 6.45) is -1.71. The fraction of sp³-hybridized carbons (Fsp3) is 0.240. The van der Waals surface area contributed by atoms with Crippen molar-refractivity contribution in [3.8, 4) is 5.75 Å². The maximum absolute atomic E-state index is 13.1. The molecule has 3 aromatic rings. The van der Waals surface area contributed by atoms with Gasteiger partial charge in [-0.15, -0.1) is 0 Å². The first-order valence-electron chi connectivity index (χ1n) is 10.8. The van der Waals surface area contributed by atoms with Gasteiger partial charge in [0.05, 0.1) is 11.6 Å². The fourth-order valence-corrected chi connectivity index (χ4v) is 3.85. The molecule has 0 radical (unpaired) electrons. The van der Waals surface area contributed by atoms with Gasteiger partial charge in [-0.1, -0.05) is 24.3 Å². The number of pyridine rings is 1. The molecule has 2 heterocycles. The van der Waals surface area contributed by atoms with E-state index in [-0.39, 0.29) is 29.7 Å². The molecule has 0 spiro atoms. The van der Waals surface area contributed by atoms with Crippen LogP contribution in [-0.4, -0.2) is 40.9 Å². The van der Waals surface area contributed by atoms with Gasteiger partial charge in [0.1, 0.15) is 6.61 Å². The van der Waals surface area contributed by atoms with E-state index in [9.17, 15) is 22.8 Å². The minimum atomic E-state index is -4.53. The summed E-state index contributed by atoms with van der Waals surface area (Å²) in [5.41, 5.74) is -0.182. The maximum Gasteiger partial charge on any atom is 0.416 e. The number of hydrogen-bond donors (Lipinski definition) is 1. The highest BCUT2D eigenvalue weighted by atomic mass is 19.4. The van der Waals surface area contributed by atoms with E-state index in [4.69, 9.17) is 4.74 Å². The summed E-state index contributed by atoms with van der Waals surface area (Å²) in [5.74, 6) is -0.662. The van der Waals surface area contributed by atoms with Gasteiger partial charge in [0.15, 0.2) is 11.4 Å². The average Bonchev–Trinajstić information content (AvgIpc) is 3.31. The van der Waals surface area contributed by atoms with Gasteiger partial charge in [-0.3, -0.25) is 9.59 Å². The van der Waals surface area contributed by atoms with E-state index >= 15 is 0 Å². The number of nitrogens with one attached hydrogen (secondary N) is 1. The van der Waals surface area contributed by atoms with Crippen molar-refractivity contribution in [2.45, 2.75) is 25.1 Å². The monoisotopic (exact) mass is 469 g/mol. The number of likely N-dealkylation sites (tertiary alicyclic amines) is 1. The summed E-state index contributed by atoms with van der Waals surface area (Å²) >= 11 is 0. The molecule has 6 nitrogen and oxygen atoms in total. The van der Waals surface area contributed by atoms with Gasteiger partial charge >= 0.3 is 6.18 Å². The molecule has 1 N–H and O–H groups in total. The molecule has 0 bridgehead atoms. The fourth-order valence-electron chi connectivity index (χ4n) is 3.85. The number of aromatic nitrogens is 1. The Morgan fingerprint density at radius 3 is 2.62 bits per heavy atom. The van der Waals surface area contributed by atoms with E-state index in [1.165, 1.54) is 23.2 Å². The lowest BCUT2D eigenvalue weighted by Crippen LogP contribution is -2.39. The Bertz CT molecular complexity index is 1170. The van der Waals surface area contributed by atoms with Gasteiger partial charge < -0.3 is 15.0 Å². The first-order chi connectivity index (χ1) is 16.3.